The maximum atomic E-state index is 13.0. The van der Waals surface area contributed by atoms with Gasteiger partial charge in [-0.25, -0.2) is 13.8 Å². The molecule has 1 aromatic carbocycles. The molecule has 4 aromatic rings. The SMILES string of the molecule is COCCn1c(Sc2ccc3nnc(C(F)F)n3n2)nc2ccccc21. The molecule has 3 aromatic heterocycles. The summed E-state index contributed by atoms with van der Waals surface area (Å²) in [6, 6.07) is 11.1. The number of imidazole rings is 1. The predicted octanol–water partition coefficient (Wildman–Crippen LogP) is 3.21. The summed E-state index contributed by atoms with van der Waals surface area (Å²) in [6.07, 6.45) is -2.75. The van der Waals surface area contributed by atoms with Crippen LogP contribution in [0.4, 0.5) is 8.78 Å². The molecule has 0 aliphatic carbocycles. The molecule has 0 unspecified atom stereocenters. The second kappa shape index (κ2) is 6.96. The van der Waals surface area contributed by atoms with Gasteiger partial charge in [-0.3, -0.25) is 0 Å². The Morgan fingerprint density at radius 3 is 2.81 bits per heavy atom. The van der Waals surface area contributed by atoms with Crippen LogP contribution < -0.4 is 0 Å². The van der Waals surface area contributed by atoms with Gasteiger partial charge in [-0.05, 0) is 36.0 Å². The maximum absolute atomic E-state index is 13.0. The van der Waals surface area contributed by atoms with E-state index in [1.807, 2.05) is 28.8 Å². The molecule has 0 spiro atoms. The van der Waals surface area contributed by atoms with Crippen molar-refractivity contribution in [2.75, 3.05) is 13.7 Å². The predicted molar refractivity (Wildman–Crippen MR) is 91.5 cm³/mol. The Hall–Kier alpha value is -2.59. The second-order valence-electron chi connectivity index (χ2n) is 5.43. The number of para-hydroxylation sites is 2. The smallest absolute Gasteiger partial charge is 0.299 e. The molecule has 134 valence electrons. The van der Waals surface area contributed by atoms with Crippen molar-refractivity contribution < 1.29 is 13.5 Å². The summed E-state index contributed by atoms with van der Waals surface area (Å²) in [4.78, 5) is 4.63. The average molecular weight is 376 g/mol. The molecular formula is C16H14F2N6OS. The molecular weight excluding hydrogens is 362 g/mol. The topological polar surface area (TPSA) is 70.1 Å². The number of hydrogen-bond acceptors (Lipinski definition) is 6. The molecule has 3 heterocycles. The normalized spacial score (nSPS) is 11.8. The number of alkyl halides is 2. The van der Waals surface area contributed by atoms with Crippen LogP contribution in [0.1, 0.15) is 12.2 Å². The maximum Gasteiger partial charge on any atom is 0.299 e. The molecule has 7 nitrogen and oxygen atoms in total. The second-order valence-corrected chi connectivity index (χ2v) is 6.42. The lowest BCUT2D eigenvalue weighted by Gasteiger charge is -2.08. The summed E-state index contributed by atoms with van der Waals surface area (Å²) in [7, 11) is 1.64. The van der Waals surface area contributed by atoms with Crippen LogP contribution in [-0.4, -0.2) is 43.1 Å². The molecule has 0 saturated carbocycles. The third kappa shape index (κ3) is 3.01. The number of ether oxygens (including phenoxy) is 1. The zero-order valence-corrected chi connectivity index (χ0v) is 14.5. The van der Waals surface area contributed by atoms with Gasteiger partial charge in [0.2, 0.25) is 5.82 Å². The Labute approximate surface area is 151 Å². The Kier molecular flexibility index (Phi) is 4.51. The first kappa shape index (κ1) is 16.9. The van der Waals surface area contributed by atoms with Crippen LogP contribution in [0.2, 0.25) is 0 Å². The van der Waals surface area contributed by atoms with E-state index in [1.165, 1.54) is 11.8 Å². The van der Waals surface area contributed by atoms with E-state index < -0.39 is 12.2 Å². The lowest BCUT2D eigenvalue weighted by Crippen LogP contribution is -2.06. The van der Waals surface area contributed by atoms with Gasteiger partial charge in [-0.15, -0.1) is 10.2 Å². The highest BCUT2D eigenvalue weighted by atomic mass is 32.2. The zero-order chi connectivity index (χ0) is 18.1. The first-order valence-electron chi connectivity index (χ1n) is 7.80. The van der Waals surface area contributed by atoms with Crippen LogP contribution in [0.25, 0.3) is 16.7 Å². The Balaban J connectivity index is 1.74. The summed E-state index contributed by atoms with van der Waals surface area (Å²) < 4.78 is 34.3. The van der Waals surface area contributed by atoms with Crippen molar-refractivity contribution in [1.82, 2.24) is 29.4 Å². The van der Waals surface area contributed by atoms with E-state index in [1.54, 1.807) is 19.2 Å². The third-order valence-corrected chi connectivity index (χ3v) is 4.71. The molecule has 10 heteroatoms. The van der Waals surface area contributed by atoms with Gasteiger partial charge >= 0.3 is 0 Å². The van der Waals surface area contributed by atoms with Gasteiger partial charge < -0.3 is 9.30 Å². The first-order chi connectivity index (χ1) is 12.7. The van der Waals surface area contributed by atoms with Gasteiger partial charge in [-0.1, -0.05) is 12.1 Å². The van der Waals surface area contributed by atoms with E-state index in [0.29, 0.717) is 23.3 Å². The zero-order valence-electron chi connectivity index (χ0n) is 13.7. The fourth-order valence-electron chi connectivity index (χ4n) is 2.60. The fraction of sp³-hybridized carbons (Fsp3) is 0.250. The van der Waals surface area contributed by atoms with Crippen molar-refractivity contribution in [3.63, 3.8) is 0 Å². The number of hydrogen-bond donors (Lipinski definition) is 0. The first-order valence-corrected chi connectivity index (χ1v) is 8.61. The lowest BCUT2D eigenvalue weighted by atomic mass is 10.3. The number of aromatic nitrogens is 6. The number of halogens is 2. The minimum atomic E-state index is -2.75. The summed E-state index contributed by atoms with van der Waals surface area (Å²) >= 11 is 1.29. The van der Waals surface area contributed by atoms with Gasteiger partial charge in [0.1, 0.15) is 5.03 Å². The van der Waals surface area contributed by atoms with E-state index in [0.717, 1.165) is 15.5 Å². The minimum absolute atomic E-state index is 0.275. The van der Waals surface area contributed by atoms with Gasteiger partial charge in [0.05, 0.1) is 17.6 Å². The highest BCUT2D eigenvalue weighted by Crippen LogP contribution is 2.29. The number of benzene rings is 1. The van der Waals surface area contributed by atoms with Crippen molar-refractivity contribution in [2.24, 2.45) is 0 Å². The monoisotopic (exact) mass is 376 g/mol. The minimum Gasteiger partial charge on any atom is -0.383 e. The van der Waals surface area contributed by atoms with Gasteiger partial charge in [0.15, 0.2) is 10.8 Å². The number of nitrogens with zero attached hydrogens (tertiary/aromatic N) is 6. The fourth-order valence-corrected chi connectivity index (χ4v) is 3.49. The molecule has 0 fully saturated rings. The quantitative estimate of drug-likeness (QED) is 0.515. The Morgan fingerprint density at radius 1 is 1.15 bits per heavy atom. The third-order valence-electron chi connectivity index (χ3n) is 3.79. The number of fused-ring (bicyclic) bond motifs is 2. The van der Waals surface area contributed by atoms with Crippen LogP contribution in [-0.2, 0) is 11.3 Å². The summed E-state index contributed by atoms with van der Waals surface area (Å²) in [6.45, 7) is 1.15. The highest BCUT2D eigenvalue weighted by Gasteiger charge is 2.18. The van der Waals surface area contributed by atoms with Gasteiger partial charge in [0.25, 0.3) is 6.43 Å². The molecule has 0 amide bonds. The molecule has 0 N–H and O–H groups in total. The molecule has 0 aliphatic rings. The molecule has 4 rings (SSSR count). The molecule has 0 bridgehead atoms. The van der Waals surface area contributed by atoms with E-state index in [4.69, 9.17) is 4.74 Å². The van der Waals surface area contributed by atoms with Crippen LogP contribution >= 0.6 is 11.8 Å². The Bertz CT molecular complexity index is 1060. The standard InChI is InChI=1S/C16H14F2N6OS/c1-25-9-8-23-11-5-3-2-4-10(11)19-16(23)26-13-7-6-12-20-21-15(14(17)18)24(12)22-13/h2-7,14H,8-9H2,1H3. The van der Waals surface area contributed by atoms with Crippen LogP contribution in [0.3, 0.4) is 0 Å². The molecule has 0 atom stereocenters. The van der Waals surface area contributed by atoms with Crippen molar-refractivity contribution in [3.05, 3.63) is 42.2 Å². The van der Waals surface area contributed by atoms with Crippen LogP contribution in [0, 0.1) is 0 Å². The highest BCUT2D eigenvalue weighted by molar-refractivity contribution is 7.99. The van der Waals surface area contributed by atoms with Crippen LogP contribution in [0.15, 0.2) is 46.6 Å². The Morgan fingerprint density at radius 2 is 2.00 bits per heavy atom. The van der Waals surface area contributed by atoms with E-state index >= 15 is 0 Å². The number of rotatable bonds is 6. The average Bonchev–Trinajstić information content (AvgIpc) is 3.21. The van der Waals surface area contributed by atoms with Crippen molar-refractivity contribution in [1.29, 1.82) is 0 Å². The largest absolute Gasteiger partial charge is 0.383 e. The molecule has 26 heavy (non-hydrogen) atoms. The van der Waals surface area contributed by atoms with Crippen LogP contribution in [0.5, 0.6) is 0 Å². The number of methoxy groups -OCH3 is 1. The summed E-state index contributed by atoms with van der Waals surface area (Å²) in [5.41, 5.74) is 2.10. The summed E-state index contributed by atoms with van der Waals surface area (Å²) in [5.74, 6) is -0.477. The summed E-state index contributed by atoms with van der Waals surface area (Å²) in [5, 5.41) is 12.7. The van der Waals surface area contributed by atoms with E-state index in [9.17, 15) is 8.78 Å². The molecule has 0 radical (unpaired) electrons. The van der Waals surface area contributed by atoms with Crippen molar-refractivity contribution >= 4 is 28.4 Å². The van der Waals surface area contributed by atoms with Crippen molar-refractivity contribution in [2.45, 2.75) is 23.2 Å². The lowest BCUT2D eigenvalue weighted by molar-refractivity contribution is 0.137. The van der Waals surface area contributed by atoms with Gasteiger partial charge in [-0.2, -0.15) is 9.61 Å². The van der Waals surface area contributed by atoms with Gasteiger partial charge in [0, 0.05) is 13.7 Å². The molecule has 0 aliphatic heterocycles. The van der Waals surface area contributed by atoms with E-state index in [2.05, 4.69) is 20.3 Å². The van der Waals surface area contributed by atoms with E-state index in [-0.39, 0.29) is 5.65 Å². The van der Waals surface area contributed by atoms with Crippen molar-refractivity contribution in [3.8, 4) is 0 Å². The molecule has 0 saturated heterocycles.